The maximum absolute atomic E-state index is 12.8. The molecule has 1 saturated carbocycles. The molecule has 14 nitrogen and oxygen atoms in total. The van der Waals surface area contributed by atoms with Crippen molar-refractivity contribution >= 4 is 19.8 Å². The molecule has 0 saturated heterocycles. The number of phosphoric ester groups is 1. The molecule has 1 rings (SSSR count). The summed E-state index contributed by atoms with van der Waals surface area (Å²) in [5, 5.41) is 59.7. The van der Waals surface area contributed by atoms with Crippen LogP contribution in [0.5, 0.6) is 0 Å². The van der Waals surface area contributed by atoms with Crippen LogP contribution in [0.3, 0.4) is 0 Å². The fourth-order valence-electron chi connectivity index (χ4n) is 6.38. The van der Waals surface area contributed by atoms with E-state index in [1.54, 1.807) is 0 Å². The molecule has 0 bridgehead atoms. The molecule has 1 aliphatic rings. The summed E-state index contributed by atoms with van der Waals surface area (Å²) in [6.07, 6.45) is 32.9. The van der Waals surface area contributed by atoms with Crippen LogP contribution in [-0.4, -0.2) is 110 Å². The average Bonchev–Trinajstić information content (AvgIpc) is 3.28. The Morgan fingerprint density at radius 2 is 0.984 bits per heavy atom. The molecule has 3 unspecified atom stereocenters. The van der Waals surface area contributed by atoms with Crippen molar-refractivity contribution in [3.8, 4) is 0 Å². The van der Waals surface area contributed by atoms with E-state index in [0.29, 0.717) is 19.3 Å². The van der Waals surface area contributed by atoms with Gasteiger partial charge >= 0.3 is 19.8 Å². The zero-order valence-corrected chi connectivity index (χ0v) is 39.3. The van der Waals surface area contributed by atoms with Gasteiger partial charge in [0.05, 0.1) is 12.7 Å². The molecule has 0 aliphatic heterocycles. The fraction of sp³-hybridized carbons (Fsp3) is 0.673. The Kier molecular flexibility index (Phi) is 35.2. The maximum Gasteiger partial charge on any atom is 0.472 e. The van der Waals surface area contributed by atoms with Crippen LogP contribution in [0.4, 0.5) is 0 Å². The van der Waals surface area contributed by atoms with Gasteiger partial charge in [0.15, 0.2) is 6.10 Å². The van der Waals surface area contributed by atoms with E-state index in [4.69, 9.17) is 18.5 Å². The van der Waals surface area contributed by atoms with Gasteiger partial charge in [-0.1, -0.05) is 125 Å². The van der Waals surface area contributed by atoms with Gasteiger partial charge < -0.3 is 45.0 Å². The zero-order valence-electron chi connectivity index (χ0n) is 38.4. The van der Waals surface area contributed by atoms with E-state index in [2.05, 4.69) is 79.8 Å². The number of hydrogen-bond acceptors (Lipinski definition) is 13. The van der Waals surface area contributed by atoms with E-state index in [9.17, 15) is 49.7 Å². The first kappa shape index (κ1) is 59.0. The molecule has 0 radical (unpaired) electrons. The lowest BCUT2D eigenvalue weighted by Gasteiger charge is -2.41. The summed E-state index contributed by atoms with van der Waals surface area (Å²) in [5.74, 6) is -1.22. The van der Waals surface area contributed by atoms with Crippen LogP contribution in [0.1, 0.15) is 149 Å². The summed E-state index contributed by atoms with van der Waals surface area (Å²) in [4.78, 5) is 35.7. The number of unbranched alkanes of at least 4 members (excludes halogenated alkanes) is 8. The summed E-state index contributed by atoms with van der Waals surface area (Å²) in [5.41, 5.74) is 0. The molecular formula is C49H81O14P. The van der Waals surface area contributed by atoms with E-state index >= 15 is 0 Å². The predicted octanol–water partition coefficient (Wildman–Crippen LogP) is 8.25. The standard InChI is InChI=1S/C49H81O14P/c1-3-5-6-7-8-9-10-11-12-13-14-19-22-25-28-31-34-37-43(52)62-41(39-61-64(58,59)63-49-47(56)45(54)44(53)46(55)48(49)57)38-60-42(51)36-33-30-27-24-21-18-16-15-17-20-23-26-29-32-35-40(50)4-2/h8-9,11-12,14,16-20,24,26-27,29,40-41,44-50,53-57H,3-7,10,13,15,21-23,25,28,30-39H2,1-2H3,(H,58,59)/b9-8-,12-11-,18-16-,19-14-,20-17-,27-24-,29-26-/t40-,41+,44?,45-,46+,47+,48+,49?/m0/s1. The molecule has 1 fully saturated rings. The van der Waals surface area contributed by atoms with Gasteiger partial charge in [-0.25, -0.2) is 4.57 Å². The van der Waals surface area contributed by atoms with Crippen molar-refractivity contribution in [2.75, 3.05) is 13.2 Å². The second kappa shape index (κ2) is 38.1. The minimum Gasteiger partial charge on any atom is -0.462 e. The maximum atomic E-state index is 12.8. The molecule has 64 heavy (non-hydrogen) atoms. The lowest BCUT2D eigenvalue weighted by atomic mass is 9.85. The monoisotopic (exact) mass is 925 g/mol. The van der Waals surface area contributed by atoms with Crippen molar-refractivity contribution < 1.29 is 68.2 Å². The zero-order chi connectivity index (χ0) is 47.3. The second-order valence-electron chi connectivity index (χ2n) is 16.0. The molecule has 0 aromatic heterocycles. The minimum absolute atomic E-state index is 0.0477. The Balaban J connectivity index is 2.53. The highest BCUT2D eigenvalue weighted by Crippen LogP contribution is 2.47. The first-order valence-electron chi connectivity index (χ1n) is 23.5. The third kappa shape index (κ3) is 30.2. The van der Waals surface area contributed by atoms with Crippen LogP contribution in [0.2, 0.25) is 0 Å². The van der Waals surface area contributed by atoms with Gasteiger partial charge in [-0.2, -0.15) is 0 Å². The molecule has 0 amide bonds. The Morgan fingerprint density at radius 3 is 1.50 bits per heavy atom. The summed E-state index contributed by atoms with van der Waals surface area (Å²) in [6, 6.07) is 0. The van der Waals surface area contributed by atoms with Gasteiger partial charge in [0.1, 0.15) is 43.2 Å². The molecule has 15 heteroatoms. The lowest BCUT2D eigenvalue weighted by Crippen LogP contribution is -2.64. The average molecular weight is 925 g/mol. The van der Waals surface area contributed by atoms with Crippen molar-refractivity contribution in [2.24, 2.45) is 0 Å². The van der Waals surface area contributed by atoms with Crippen molar-refractivity contribution in [1.29, 1.82) is 0 Å². The molecule has 1 aliphatic carbocycles. The first-order valence-corrected chi connectivity index (χ1v) is 25.0. The Labute approximate surface area is 382 Å². The highest BCUT2D eigenvalue weighted by Gasteiger charge is 2.51. The van der Waals surface area contributed by atoms with E-state index in [1.807, 2.05) is 19.1 Å². The van der Waals surface area contributed by atoms with Crippen molar-refractivity contribution in [3.63, 3.8) is 0 Å². The van der Waals surface area contributed by atoms with Crippen molar-refractivity contribution in [2.45, 2.75) is 198 Å². The SMILES string of the molecule is CCCCC/C=C\C/C=C\C/C=C\CCCCCCC(=O)O[C@H](COC(=O)CCC/C=C\C/C=C\C/C=C\C/C=C\CC[C@@H](O)CC)COP(=O)(O)OC1[C@H](O)[C@H](O)C(O)[C@H](O)[C@H]1O. The summed E-state index contributed by atoms with van der Waals surface area (Å²) >= 11 is 0. The largest absolute Gasteiger partial charge is 0.472 e. The van der Waals surface area contributed by atoms with Crippen molar-refractivity contribution in [1.82, 2.24) is 0 Å². The highest BCUT2D eigenvalue weighted by atomic mass is 31.2. The van der Waals surface area contributed by atoms with Gasteiger partial charge in [-0.15, -0.1) is 0 Å². The number of hydrogen-bond donors (Lipinski definition) is 7. The van der Waals surface area contributed by atoms with E-state index in [0.717, 1.165) is 83.5 Å². The summed E-state index contributed by atoms with van der Waals surface area (Å²) in [7, 11) is -5.15. The molecule has 9 atom stereocenters. The Bertz CT molecular complexity index is 1460. The summed E-state index contributed by atoms with van der Waals surface area (Å²) < 4.78 is 33.4. The number of esters is 2. The van der Waals surface area contributed by atoms with Crippen LogP contribution < -0.4 is 0 Å². The highest BCUT2D eigenvalue weighted by molar-refractivity contribution is 7.47. The van der Waals surface area contributed by atoms with Crippen LogP contribution in [0.15, 0.2) is 85.1 Å². The third-order valence-corrected chi connectivity index (χ3v) is 11.4. The van der Waals surface area contributed by atoms with Gasteiger partial charge in [-0.05, 0) is 96.3 Å². The molecule has 0 spiro atoms. The molecule has 7 N–H and O–H groups in total. The minimum atomic E-state index is -5.15. The predicted molar refractivity (Wildman–Crippen MR) is 250 cm³/mol. The van der Waals surface area contributed by atoms with E-state index < -0.39 is 75.7 Å². The fourth-order valence-corrected chi connectivity index (χ4v) is 7.36. The van der Waals surface area contributed by atoms with E-state index in [1.165, 1.54) is 19.3 Å². The molecular weight excluding hydrogens is 843 g/mol. The summed E-state index contributed by atoms with van der Waals surface area (Å²) in [6.45, 7) is 2.91. The lowest BCUT2D eigenvalue weighted by molar-refractivity contribution is -0.220. The number of rotatable bonds is 37. The van der Waals surface area contributed by atoms with Gasteiger partial charge in [0.25, 0.3) is 0 Å². The number of phosphoric acid groups is 1. The van der Waals surface area contributed by atoms with Crippen molar-refractivity contribution in [3.05, 3.63) is 85.1 Å². The number of carbonyl (C=O) groups is 2. The van der Waals surface area contributed by atoms with Gasteiger partial charge in [0.2, 0.25) is 0 Å². The Morgan fingerprint density at radius 1 is 0.547 bits per heavy atom. The molecule has 0 aromatic carbocycles. The second-order valence-corrected chi connectivity index (χ2v) is 17.4. The third-order valence-electron chi connectivity index (χ3n) is 10.4. The molecule has 0 aromatic rings. The van der Waals surface area contributed by atoms with Crippen LogP contribution in [-0.2, 0) is 32.7 Å². The smallest absolute Gasteiger partial charge is 0.462 e. The first-order chi connectivity index (χ1) is 30.8. The van der Waals surface area contributed by atoms with Crippen LogP contribution in [0.25, 0.3) is 0 Å². The van der Waals surface area contributed by atoms with Crippen LogP contribution in [0, 0.1) is 0 Å². The van der Waals surface area contributed by atoms with E-state index in [-0.39, 0.29) is 18.9 Å². The Hall–Kier alpha value is -3.01. The number of allylic oxidation sites excluding steroid dienone is 14. The number of aliphatic hydroxyl groups excluding tert-OH is 6. The van der Waals surface area contributed by atoms with Crippen LogP contribution >= 0.6 is 7.82 Å². The topological polar surface area (TPSA) is 230 Å². The van der Waals surface area contributed by atoms with Gasteiger partial charge in [-0.3, -0.25) is 18.6 Å². The molecule has 366 valence electrons. The quantitative estimate of drug-likeness (QED) is 0.0135. The normalized spacial score (nSPS) is 22.8. The number of carbonyl (C=O) groups excluding carboxylic acids is 2. The molecule has 0 heterocycles. The number of aliphatic hydroxyl groups is 6. The van der Waals surface area contributed by atoms with Gasteiger partial charge in [0, 0.05) is 12.8 Å². The number of ether oxygens (including phenoxy) is 2.